The molecular weight excluding hydrogens is 324 g/mol. The highest BCUT2D eigenvalue weighted by molar-refractivity contribution is 7.90. The third-order valence-electron chi connectivity index (χ3n) is 4.27. The minimum atomic E-state index is -3.31. The van der Waals surface area contributed by atoms with E-state index >= 15 is 0 Å². The number of hydrogen-bond acceptors (Lipinski definition) is 4. The van der Waals surface area contributed by atoms with E-state index in [0.717, 1.165) is 25.1 Å². The van der Waals surface area contributed by atoms with Crippen molar-refractivity contribution in [3.8, 4) is 0 Å². The lowest BCUT2D eigenvalue weighted by Crippen LogP contribution is -2.50. The molecule has 22 heavy (non-hydrogen) atoms. The quantitative estimate of drug-likeness (QED) is 0.907. The molecule has 122 valence electrons. The predicted molar refractivity (Wildman–Crippen MR) is 88.0 cm³/mol. The molecule has 0 unspecified atom stereocenters. The molecule has 0 radical (unpaired) electrons. The van der Waals surface area contributed by atoms with Crippen molar-refractivity contribution in [2.24, 2.45) is 0 Å². The fourth-order valence-electron chi connectivity index (χ4n) is 3.09. The van der Waals surface area contributed by atoms with E-state index in [1.807, 2.05) is 24.3 Å². The predicted octanol–water partition coefficient (Wildman–Crippen LogP) is 2.02. The summed E-state index contributed by atoms with van der Waals surface area (Å²) in [5.41, 5.74) is 0.970. The molecule has 7 heteroatoms. The first kappa shape index (κ1) is 16.1. The lowest BCUT2D eigenvalue weighted by Gasteiger charge is -2.35. The largest absolute Gasteiger partial charge is 0.380 e. The van der Waals surface area contributed by atoms with Gasteiger partial charge in [0.2, 0.25) is 10.0 Å². The van der Waals surface area contributed by atoms with Crippen LogP contribution in [0.3, 0.4) is 0 Å². The Bertz CT molecular complexity index is 617. The van der Waals surface area contributed by atoms with E-state index in [1.165, 1.54) is 0 Å². The Hall–Kier alpha value is -0.820. The van der Waals surface area contributed by atoms with Gasteiger partial charge in [0.05, 0.1) is 17.3 Å². The molecule has 2 saturated heterocycles. The van der Waals surface area contributed by atoms with E-state index < -0.39 is 15.3 Å². The normalized spacial score (nSPS) is 26.3. The van der Waals surface area contributed by atoms with Crippen LogP contribution in [0.4, 0.5) is 5.69 Å². The van der Waals surface area contributed by atoms with Crippen LogP contribution in [0.25, 0.3) is 0 Å². The molecule has 0 saturated carbocycles. The van der Waals surface area contributed by atoms with Crippen LogP contribution in [0.5, 0.6) is 0 Å². The van der Waals surface area contributed by atoms with Gasteiger partial charge in [0.1, 0.15) is 5.25 Å². The molecule has 0 spiro atoms. The van der Waals surface area contributed by atoms with Crippen LogP contribution >= 0.6 is 11.6 Å². The molecule has 2 heterocycles. The van der Waals surface area contributed by atoms with Gasteiger partial charge in [0.15, 0.2) is 0 Å². The van der Waals surface area contributed by atoms with E-state index in [4.69, 9.17) is 16.3 Å². The lowest BCUT2D eigenvalue weighted by molar-refractivity contribution is 0.198. The van der Waals surface area contributed by atoms with Crippen LogP contribution in [0.1, 0.15) is 19.3 Å². The Labute approximate surface area is 136 Å². The maximum absolute atomic E-state index is 12.4. The van der Waals surface area contributed by atoms with Crippen LogP contribution < -0.4 is 9.62 Å². The SMILES string of the molecule is O=S(=O)(N[C@@H]1CCCN(c2ccccc2Cl)C1)[C@H]1CCOC1. The number of benzene rings is 1. The number of piperidine rings is 1. The van der Waals surface area contributed by atoms with Gasteiger partial charge in [0.25, 0.3) is 0 Å². The van der Waals surface area contributed by atoms with Gasteiger partial charge in [-0.3, -0.25) is 0 Å². The molecule has 3 rings (SSSR count). The summed E-state index contributed by atoms with van der Waals surface area (Å²) in [6.07, 6.45) is 2.38. The highest BCUT2D eigenvalue weighted by Crippen LogP contribution is 2.28. The monoisotopic (exact) mass is 344 g/mol. The zero-order chi connectivity index (χ0) is 15.6. The summed E-state index contributed by atoms with van der Waals surface area (Å²) in [5.74, 6) is 0. The number of anilines is 1. The minimum Gasteiger partial charge on any atom is -0.380 e. The van der Waals surface area contributed by atoms with Crippen molar-refractivity contribution in [3.05, 3.63) is 29.3 Å². The summed E-state index contributed by atoms with van der Waals surface area (Å²) in [6, 6.07) is 7.61. The van der Waals surface area contributed by atoms with Crippen molar-refractivity contribution in [1.29, 1.82) is 0 Å². The van der Waals surface area contributed by atoms with Gasteiger partial charge in [0, 0.05) is 25.7 Å². The molecule has 2 aliphatic heterocycles. The summed E-state index contributed by atoms with van der Waals surface area (Å²) in [6.45, 7) is 2.38. The molecule has 0 aliphatic carbocycles. The summed E-state index contributed by atoms with van der Waals surface area (Å²) in [5, 5.41) is 0.290. The molecule has 0 bridgehead atoms. The van der Waals surface area contributed by atoms with E-state index in [0.29, 0.717) is 31.2 Å². The third-order valence-corrected chi connectivity index (χ3v) is 6.50. The van der Waals surface area contributed by atoms with Gasteiger partial charge < -0.3 is 9.64 Å². The number of sulfonamides is 1. The van der Waals surface area contributed by atoms with Crippen LogP contribution in [-0.2, 0) is 14.8 Å². The standard InChI is InChI=1S/C15H21ClN2O3S/c16-14-5-1-2-6-15(14)18-8-3-4-12(10-18)17-22(19,20)13-7-9-21-11-13/h1-2,5-6,12-13,17H,3-4,7-11H2/t12-,13+/m1/s1. The number of nitrogens with one attached hydrogen (secondary N) is 1. The molecular formula is C15H21ClN2O3S. The molecule has 2 fully saturated rings. The van der Waals surface area contributed by atoms with Crippen molar-refractivity contribution < 1.29 is 13.2 Å². The van der Waals surface area contributed by atoms with Gasteiger partial charge in [-0.1, -0.05) is 23.7 Å². The van der Waals surface area contributed by atoms with Crippen LogP contribution in [0.15, 0.2) is 24.3 Å². The molecule has 1 N–H and O–H groups in total. The average molecular weight is 345 g/mol. The van der Waals surface area contributed by atoms with Crippen molar-refractivity contribution in [2.75, 3.05) is 31.2 Å². The van der Waals surface area contributed by atoms with Gasteiger partial charge in [-0.25, -0.2) is 13.1 Å². The fraction of sp³-hybridized carbons (Fsp3) is 0.600. The second-order valence-electron chi connectivity index (χ2n) is 5.89. The number of hydrogen-bond donors (Lipinski definition) is 1. The zero-order valence-corrected chi connectivity index (χ0v) is 13.9. The summed E-state index contributed by atoms with van der Waals surface area (Å²) in [7, 11) is -3.31. The van der Waals surface area contributed by atoms with Crippen molar-refractivity contribution >= 4 is 27.3 Å². The van der Waals surface area contributed by atoms with E-state index in [9.17, 15) is 8.42 Å². The van der Waals surface area contributed by atoms with Crippen LogP contribution in [0.2, 0.25) is 5.02 Å². The maximum atomic E-state index is 12.4. The Morgan fingerprint density at radius 1 is 1.27 bits per heavy atom. The summed E-state index contributed by atoms with van der Waals surface area (Å²) < 4.78 is 32.8. The maximum Gasteiger partial charge on any atom is 0.217 e. The summed E-state index contributed by atoms with van der Waals surface area (Å²) in [4.78, 5) is 2.16. The molecule has 0 amide bonds. The zero-order valence-electron chi connectivity index (χ0n) is 12.4. The van der Waals surface area contributed by atoms with Crippen LogP contribution in [0, 0.1) is 0 Å². The second kappa shape index (κ2) is 6.74. The molecule has 0 aromatic heterocycles. The topological polar surface area (TPSA) is 58.6 Å². The number of rotatable bonds is 4. The number of ether oxygens (including phenoxy) is 1. The van der Waals surface area contributed by atoms with Gasteiger partial charge in [-0.05, 0) is 31.4 Å². The second-order valence-corrected chi connectivity index (χ2v) is 8.28. The smallest absolute Gasteiger partial charge is 0.217 e. The van der Waals surface area contributed by atoms with Gasteiger partial charge >= 0.3 is 0 Å². The Morgan fingerprint density at radius 3 is 2.82 bits per heavy atom. The van der Waals surface area contributed by atoms with Crippen LogP contribution in [-0.4, -0.2) is 46.0 Å². The van der Waals surface area contributed by atoms with E-state index in [-0.39, 0.29) is 6.04 Å². The van der Waals surface area contributed by atoms with E-state index in [2.05, 4.69) is 9.62 Å². The Morgan fingerprint density at radius 2 is 2.09 bits per heavy atom. The van der Waals surface area contributed by atoms with Crippen molar-refractivity contribution in [2.45, 2.75) is 30.6 Å². The molecule has 5 nitrogen and oxygen atoms in total. The molecule has 2 aliphatic rings. The van der Waals surface area contributed by atoms with Crippen molar-refractivity contribution in [3.63, 3.8) is 0 Å². The molecule has 2 atom stereocenters. The highest BCUT2D eigenvalue weighted by atomic mass is 35.5. The fourth-order valence-corrected chi connectivity index (χ4v) is 4.87. The van der Waals surface area contributed by atoms with Crippen molar-refractivity contribution in [1.82, 2.24) is 4.72 Å². The highest BCUT2D eigenvalue weighted by Gasteiger charge is 2.33. The number of nitrogens with zero attached hydrogens (tertiary/aromatic N) is 1. The lowest BCUT2D eigenvalue weighted by atomic mass is 10.1. The first-order chi connectivity index (χ1) is 10.6. The number of halogens is 1. The Kier molecular flexibility index (Phi) is 4.92. The molecule has 1 aromatic carbocycles. The summed E-state index contributed by atoms with van der Waals surface area (Å²) >= 11 is 6.25. The minimum absolute atomic E-state index is 0.0735. The van der Waals surface area contributed by atoms with Gasteiger partial charge in [-0.15, -0.1) is 0 Å². The molecule has 1 aromatic rings. The first-order valence-electron chi connectivity index (χ1n) is 7.64. The first-order valence-corrected chi connectivity index (χ1v) is 9.57. The third kappa shape index (κ3) is 3.56. The van der Waals surface area contributed by atoms with E-state index in [1.54, 1.807) is 0 Å². The Balaban J connectivity index is 1.67. The average Bonchev–Trinajstić information content (AvgIpc) is 3.03. The van der Waals surface area contributed by atoms with Gasteiger partial charge in [-0.2, -0.15) is 0 Å². The number of para-hydroxylation sites is 1.